The third kappa shape index (κ3) is 3.74. The fraction of sp³-hybridized carbons (Fsp3) is 0.167. The Balaban J connectivity index is 2.26. The summed E-state index contributed by atoms with van der Waals surface area (Å²) in [7, 11) is 2.81. The average molecular weight is 310 g/mol. The summed E-state index contributed by atoms with van der Waals surface area (Å²) in [6, 6.07) is 4.51. The summed E-state index contributed by atoms with van der Waals surface area (Å²) >= 11 is 0. The second-order valence-electron chi connectivity index (χ2n) is 4.60. The van der Waals surface area contributed by atoms with Gasteiger partial charge >= 0.3 is 0 Å². The Labute approximate surface area is 133 Å². The number of rotatable bonds is 2. The van der Waals surface area contributed by atoms with Gasteiger partial charge < -0.3 is 19.7 Å². The number of aliphatic hydroxyl groups is 1. The van der Waals surface area contributed by atoms with Gasteiger partial charge in [-0.25, -0.2) is 0 Å². The van der Waals surface area contributed by atoms with Crippen LogP contribution < -0.4 is 4.74 Å². The predicted molar refractivity (Wildman–Crippen MR) is 83.5 cm³/mol. The number of ether oxygens (including phenoxy) is 2. The van der Waals surface area contributed by atoms with Crippen LogP contribution in [0.5, 0.6) is 11.5 Å². The lowest BCUT2D eigenvalue weighted by Gasteiger charge is -2.22. The second kappa shape index (κ2) is 6.74. The smallest absolute Gasteiger partial charge is 0.203 e. The van der Waals surface area contributed by atoms with Gasteiger partial charge in [0.1, 0.15) is 17.3 Å². The van der Waals surface area contributed by atoms with Crippen LogP contribution in [0.3, 0.4) is 0 Å². The van der Waals surface area contributed by atoms with Gasteiger partial charge in [0.25, 0.3) is 0 Å². The second-order valence-corrected chi connectivity index (χ2v) is 4.60. The van der Waals surface area contributed by atoms with Crippen molar-refractivity contribution in [3.05, 3.63) is 47.7 Å². The molecule has 116 valence electrons. The Morgan fingerprint density at radius 3 is 2.65 bits per heavy atom. The molecule has 0 radical (unpaired) electrons. The predicted octanol–water partition coefficient (Wildman–Crippen LogP) is 1.16. The van der Waals surface area contributed by atoms with Crippen LogP contribution in [0.4, 0.5) is 0 Å². The molecule has 2 rings (SSSR count). The van der Waals surface area contributed by atoms with E-state index in [0.717, 1.165) is 0 Å². The number of hydrogen-bond donors (Lipinski definition) is 2. The maximum Gasteiger partial charge on any atom is 0.203 e. The first-order chi connectivity index (χ1) is 11.0. The highest BCUT2D eigenvalue weighted by Crippen LogP contribution is 2.23. The van der Waals surface area contributed by atoms with Crippen molar-refractivity contribution in [2.45, 2.75) is 5.60 Å². The van der Waals surface area contributed by atoms with Crippen LogP contribution in [-0.2, 0) is 9.53 Å². The van der Waals surface area contributed by atoms with E-state index in [-0.39, 0.29) is 17.3 Å². The number of carbonyl (C=O) groups excluding carboxylic acids is 1. The molecule has 0 saturated heterocycles. The molecule has 1 unspecified atom stereocenters. The number of phenols is 1. The van der Waals surface area contributed by atoms with E-state index in [4.69, 9.17) is 9.47 Å². The molecular weight excluding hydrogens is 296 g/mol. The fourth-order valence-electron chi connectivity index (χ4n) is 1.90. The van der Waals surface area contributed by atoms with Gasteiger partial charge in [0.05, 0.1) is 19.8 Å². The largest absolute Gasteiger partial charge is 0.508 e. The van der Waals surface area contributed by atoms with Gasteiger partial charge in [-0.15, -0.1) is 0 Å². The Morgan fingerprint density at radius 1 is 1.17 bits per heavy atom. The SMILES string of the molecule is COC1=CC(=O)C=CC1(O)C#CC#Cc1ccc(O)cc1OC. The standard InChI is InChI=1S/C18H14O5/c1-22-16-11-14(19)7-6-13(16)5-3-4-9-18(21)10-8-15(20)12-17(18)23-2/h6-8,10-12,19,21H,1-2H3. The van der Waals surface area contributed by atoms with Crippen LogP contribution in [0.15, 0.2) is 42.2 Å². The van der Waals surface area contributed by atoms with Crippen LogP contribution >= 0.6 is 0 Å². The number of carbonyl (C=O) groups is 1. The van der Waals surface area contributed by atoms with E-state index in [9.17, 15) is 15.0 Å². The molecule has 5 nitrogen and oxygen atoms in total. The molecule has 1 aromatic rings. The molecule has 0 fully saturated rings. The van der Waals surface area contributed by atoms with E-state index in [0.29, 0.717) is 11.3 Å². The third-order valence-electron chi connectivity index (χ3n) is 3.06. The van der Waals surface area contributed by atoms with Crippen molar-refractivity contribution < 1.29 is 24.5 Å². The number of benzene rings is 1. The minimum absolute atomic E-state index is 0.0431. The number of allylic oxidation sites excluding steroid dienone is 2. The molecule has 0 aromatic heterocycles. The van der Waals surface area contributed by atoms with E-state index < -0.39 is 5.60 Å². The molecule has 1 aromatic carbocycles. The average Bonchev–Trinajstić information content (AvgIpc) is 2.55. The van der Waals surface area contributed by atoms with E-state index in [1.54, 1.807) is 6.07 Å². The lowest BCUT2D eigenvalue weighted by molar-refractivity contribution is -0.111. The number of ketones is 1. The monoisotopic (exact) mass is 310 g/mol. The zero-order valence-corrected chi connectivity index (χ0v) is 12.6. The van der Waals surface area contributed by atoms with Crippen molar-refractivity contribution >= 4 is 5.78 Å². The first kappa shape index (κ1) is 16.2. The van der Waals surface area contributed by atoms with Crippen molar-refractivity contribution in [3.63, 3.8) is 0 Å². The molecule has 1 aliphatic carbocycles. The molecule has 0 saturated carbocycles. The number of hydrogen-bond acceptors (Lipinski definition) is 5. The third-order valence-corrected chi connectivity index (χ3v) is 3.06. The van der Waals surface area contributed by atoms with Crippen molar-refractivity contribution in [2.24, 2.45) is 0 Å². The van der Waals surface area contributed by atoms with Crippen LogP contribution in [0.25, 0.3) is 0 Å². The summed E-state index contributed by atoms with van der Waals surface area (Å²) in [5.41, 5.74) is -1.14. The Morgan fingerprint density at radius 2 is 1.96 bits per heavy atom. The molecule has 1 atom stereocenters. The quantitative estimate of drug-likeness (QED) is 0.802. The zero-order chi connectivity index (χ0) is 16.9. The van der Waals surface area contributed by atoms with Gasteiger partial charge in [0.15, 0.2) is 5.78 Å². The van der Waals surface area contributed by atoms with Crippen molar-refractivity contribution in [3.8, 4) is 35.2 Å². The zero-order valence-electron chi connectivity index (χ0n) is 12.6. The lowest BCUT2D eigenvalue weighted by Crippen LogP contribution is -2.30. The van der Waals surface area contributed by atoms with Gasteiger partial charge in [0.2, 0.25) is 5.60 Å². The molecule has 5 heteroatoms. The molecule has 23 heavy (non-hydrogen) atoms. The normalized spacial score (nSPS) is 18.9. The van der Waals surface area contributed by atoms with Gasteiger partial charge in [0, 0.05) is 12.1 Å². The number of aromatic hydroxyl groups is 1. The summed E-state index contributed by atoms with van der Waals surface area (Å²) < 4.78 is 10.1. The molecule has 0 spiro atoms. The van der Waals surface area contributed by atoms with Crippen LogP contribution in [0.1, 0.15) is 5.56 Å². The van der Waals surface area contributed by atoms with E-state index >= 15 is 0 Å². The fourth-order valence-corrected chi connectivity index (χ4v) is 1.90. The minimum Gasteiger partial charge on any atom is -0.508 e. The summed E-state index contributed by atoms with van der Waals surface area (Å²) in [5.74, 6) is 10.7. The van der Waals surface area contributed by atoms with Gasteiger partial charge in [-0.05, 0) is 48.0 Å². The van der Waals surface area contributed by atoms with Gasteiger partial charge in [-0.1, -0.05) is 0 Å². The van der Waals surface area contributed by atoms with Crippen LogP contribution in [0.2, 0.25) is 0 Å². The highest BCUT2D eigenvalue weighted by Gasteiger charge is 2.31. The summed E-state index contributed by atoms with van der Waals surface area (Å²) in [6.45, 7) is 0. The highest BCUT2D eigenvalue weighted by molar-refractivity contribution is 6.01. The molecule has 1 aliphatic rings. The van der Waals surface area contributed by atoms with Crippen LogP contribution in [0, 0.1) is 23.7 Å². The molecule has 0 heterocycles. The maximum absolute atomic E-state index is 11.3. The number of phenolic OH excluding ortho intramolecular Hbond substituents is 1. The van der Waals surface area contributed by atoms with E-state index in [1.807, 2.05) is 0 Å². The van der Waals surface area contributed by atoms with Crippen molar-refractivity contribution in [1.82, 2.24) is 0 Å². The van der Waals surface area contributed by atoms with E-state index in [1.165, 1.54) is 44.6 Å². The Kier molecular flexibility index (Phi) is 4.75. The highest BCUT2D eigenvalue weighted by atomic mass is 16.5. The first-order valence-corrected chi connectivity index (χ1v) is 6.60. The van der Waals surface area contributed by atoms with E-state index in [2.05, 4.69) is 23.7 Å². The Bertz CT molecular complexity index is 811. The molecule has 0 aliphatic heterocycles. The molecular formula is C18H14O5. The van der Waals surface area contributed by atoms with Crippen molar-refractivity contribution in [1.29, 1.82) is 0 Å². The lowest BCUT2D eigenvalue weighted by atomic mass is 9.95. The molecule has 2 N–H and O–H groups in total. The van der Waals surface area contributed by atoms with Crippen molar-refractivity contribution in [2.75, 3.05) is 14.2 Å². The first-order valence-electron chi connectivity index (χ1n) is 6.60. The summed E-state index contributed by atoms with van der Waals surface area (Å²) in [5, 5.41) is 19.7. The summed E-state index contributed by atoms with van der Waals surface area (Å²) in [6.07, 6.45) is 3.64. The Hall–Kier alpha value is -3.15. The van der Waals surface area contributed by atoms with Gasteiger partial charge in [-0.2, -0.15) is 0 Å². The number of methoxy groups -OCH3 is 2. The summed E-state index contributed by atoms with van der Waals surface area (Å²) in [4.78, 5) is 11.3. The maximum atomic E-state index is 11.3. The van der Waals surface area contributed by atoms with Crippen LogP contribution in [-0.4, -0.2) is 35.8 Å². The molecule has 0 bridgehead atoms. The van der Waals surface area contributed by atoms with Gasteiger partial charge in [-0.3, -0.25) is 4.79 Å². The topological polar surface area (TPSA) is 76.0 Å². The minimum atomic E-state index is -1.68. The molecule has 0 amide bonds.